The quantitative estimate of drug-likeness (QED) is 0.897. The van der Waals surface area contributed by atoms with E-state index in [9.17, 15) is 8.42 Å². The Balaban J connectivity index is 2.34. The second kappa shape index (κ2) is 5.56. The minimum Gasteiger partial charge on any atom is -0.497 e. The van der Waals surface area contributed by atoms with Crippen molar-refractivity contribution in [2.24, 2.45) is 0 Å². The summed E-state index contributed by atoms with van der Waals surface area (Å²) in [5.74, 6) is 0.626. The molecule has 0 bridgehead atoms. The molecule has 0 atom stereocenters. The predicted molar refractivity (Wildman–Crippen MR) is 72.3 cm³/mol. The molecule has 1 saturated heterocycles. The molecule has 2 rings (SSSR count). The number of halogens is 1. The lowest BCUT2D eigenvalue weighted by molar-refractivity contribution is 0.360. The van der Waals surface area contributed by atoms with Crippen LogP contribution in [-0.2, 0) is 10.0 Å². The Bertz CT molecular complexity index is 527. The number of nitrogens with one attached hydrogen (secondary N) is 1. The molecule has 1 aromatic rings. The molecule has 0 unspecified atom stereocenters. The summed E-state index contributed by atoms with van der Waals surface area (Å²) < 4.78 is 32.0. The van der Waals surface area contributed by atoms with E-state index in [1.54, 1.807) is 25.3 Å². The van der Waals surface area contributed by atoms with Gasteiger partial charge >= 0.3 is 0 Å². The third-order valence-electron chi connectivity index (χ3n) is 2.83. The molecule has 0 aromatic heterocycles. The van der Waals surface area contributed by atoms with E-state index < -0.39 is 10.0 Å². The fourth-order valence-electron chi connectivity index (χ4n) is 1.84. The van der Waals surface area contributed by atoms with Gasteiger partial charge in [0.2, 0.25) is 10.0 Å². The first-order valence-corrected chi connectivity index (χ1v) is 7.83. The van der Waals surface area contributed by atoms with Crippen LogP contribution in [0.1, 0.15) is 0 Å². The number of ether oxygens (including phenoxy) is 1. The first-order chi connectivity index (χ1) is 8.55. The molecule has 0 radical (unpaired) electrons. The van der Waals surface area contributed by atoms with E-state index in [4.69, 9.17) is 4.74 Å². The topological polar surface area (TPSA) is 58.6 Å². The van der Waals surface area contributed by atoms with Crippen LogP contribution < -0.4 is 10.1 Å². The lowest BCUT2D eigenvalue weighted by Crippen LogP contribution is -2.46. The molecule has 1 aliphatic heterocycles. The summed E-state index contributed by atoms with van der Waals surface area (Å²) in [6.45, 7) is 2.38. The van der Waals surface area contributed by atoms with Gasteiger partial charge in [0.1, 0.15) is 5.75 Å². The van der Waals surface area contributed by atoms with Gasteiger partial charge in [0, 0.05) is 30.7 Å². The molecular formula is C11H15BrN2O3S. The summed E-state index contributed by atoms with van der Waals surface area (Å²) >= 11 is 3.29. The Morgan fingerprint density at radius 1 is 1.33 bits per heavy atom. The summed E-state index contributed by atoms with van der Waals surface area (Å²) in [4.78, 5) is 0.283. The Hall–Kier alpha value is -0.630. The zero-order valence-electron chi connectivity index (χ0n) is 10.0. The summed E-state index contributed by atoms with van der Waals surface area (Å²) in [6.07, 6.45) is 0. The highest BCUT2D eigenvalue weighted by Crippen LogP contribution is 2.28. The number of hydrogen-bond acceptors (Lipinski definition) is 4. The van der Waals surface area contributed by atoms with Gasteiger partial charge in [0.05, 0.1) is 12.0 Å². The zero-order valence-corrected chi connectivity index (χ0v) is 12.4. The fourth-order valence-corrected chi connectivity index (χ4v) is 4.30. The van der Waals surface area contributed by atoms with Gasteiger partial charge < -0.3 is 10.1 Å². The Kier molecular flexibility index (Phi) is 4.26. The van der Waals surface area contributed by atoms with Crippen molar-refractivity contribution < 1.29 is 13.2 Å². The average Bonchev–Trinajstić information content (AvgIpc) is 2.39. The van der Waals surface area contributed by atoms with E-state index in [0.29, 0.717) is 36.4 Å². The lowest BCUT2D eigenvalue weighted by atomic mass is 10.3. The van der Waals surface area contributed by atoms with Crippen molar-refractivity contribution in [1.29, 1.82) is 0 Å². The van der Waals surface area contributed by atoms with Crippen LogP contribution in [0, 0.1) is 0 Å². The van der Waals surface area contributed by atoms with Crippen LogP contribution in [0.2, 0.25) is 0 Å². The molecular weight excluding hydrogens is 320 g/mol. The van der Waals surface area contributed by atoms with E-state index in [0.717, 1.165) is 0 Å². The summed E-state index contributed by atoms with van der Waals surface area (Å²) in [5.41, 5.74) is 0. The van der Waals surface area contributed by atoms with Crippen LogP contribution in [-0.4, -0.2) is 46.0 Å². The molecule has 1 heterocycles. The molecule has 0 aliphatic carbocycles. The number of hydrogen-bond donors (Lipinski definition) is 1. The average molecular weight is 335 g/mol. The maximum Gasteiger partial charge on any atom is 0.244 e. The molecule has 1 N–H and O–H groups in total. The number of piperazine rings is 1. The van der Waals surface area contributed by atoms with Crippen molar-refractivity contribution in [1.82, 2.24) is 9.62 Å². The SMILES string of the molecule is COc1ccc(S(=O)(=O)N2CCNCC2)c(Br)c1. The zero-order chi connectivity index (χ0) is 13.2. The molecule has 1 aromatic carbocycles. The Morgan fingerprint density at radius 2 is 2.00 bits per heavy atom. The minimum absolute atomic E-state index is 0.283. The predicted octanol–water partition coefficient (Wildman–Crippen LogP) is 1.05. The van der Waals surface area contributed by atoms with Gasteiger partial charge in [-0.25, -0.2) is 8.42 Å². The number of benzene rings is 1. The van der Waals surface area contributed by atoms with Crippen LogP contribution in [0.3, 0.4) is 0 Å². The van der Waals surface area contributed by atoms with Crippen molar-refractivity contribution in [3.63, 3.8) is 0 Å². The third-order valence-corrected chi connectivity index (χ3v) is 5.71. The van der Waals surface area contributed by atoms with Gasteiger partial charge in [0.25, 0.3) is 0 Å². The number of rotatable bonds is 3. The highest BCUT2D eigenvalue weighted by molar-refractivity contribution is 9.10. The van der Waals surface area contributed by atoms with Crippen LogP contribution in [0.25, 0.3) is 0 Å². The standard InChI is InChI=1S/C11H15BrN2O3S/c1-17-9-2-3-11(10(12)8-9)18(15,16)14-6-4-13-5-7-14/h2-3,8,13H,4-7H2,1H3. The number of nitrogens with zero attached hydrogens (tertiary/aromatic N) is 1. The van der Waals surface area contributed by atoms with Gasteiger partial charge in [-0.2, -0.15) is 4.31 Å². The van der Waals surface area contributed by atoms with Crippen molar-refractivity contribution in [3.8, 4) is 5.75 Å². The maximum absolute atomic E-state index is 12.4. The summed E-state index contributed by atoms with van der Waals surface area (Å²) in [6, 6.07) is 4.88. The molecule has 0 amide bonds. The summed E-state index contributed by atoms with van der Waals surface area (Å²) in [7, 11) is -1.88. The highest BCUT2D eigenvalue weighted by atomic mass is 79.9. The van der Waals surface area contributed by atoms with E-state index >= 15 is 0 Å². The second-order valence-corrected chi connectivity index (χ2v) is 6.71. The van der Waals surface area contributed by atoms with Crippen LogP contribution >= 0.6 is 15.9 Å². The van der Waals surface area contributed by atoms with E-state index in [-0.39, 0.29) is 4.90 Å². The van der Waals surface area contributed by atoms with Crippen molar-refractivity contribution in [2.75, 3.05) is 33.3 Å². The van der Waals surface area contributed by atoms with E-state index in [2.05, 4.69) is 21.2 Å². The number of sulfonamides is 1. The van der Waals surface area contributed by atoms with E-state index in [1.807, 2.05) is 0 Å². The van der Waals surface area contributed by atoms with Gasteiger partial charge in [-0.1, -0.05) is 0 Å². The highest BCUT2D eigenvalue weighted by Gasteiger charge is 2.27. The molecule has 1 aliphatic rings. The van der Waals surface area contributed by atoms with Crippen molar-refractivity contribution >= 4 is 26.0 Å². The molecule has 0 spiro atoms. The lowest BCUT2D eigenvalue weighted by Gasteiger charge is -2.27. The van der Waals surface area contributed by atoms with Gasteiger partial charge in [0.15, 0.2) is 0 Å². The minimum atomic E-state index is -3.43. The largest absolute Gasteiger partial charge is 0.497 e. The monoisotopic (exact) mass is 334 g/mol. The van der Waals surface area contributed by atoms with Crippen LogP contribution in [0.4, 0.5) is 0 Å². The summed E-state index contributed by atoms with van der Waals surface area (Å²) in [5, 5.41) is 3.13. The fraction of sp³-hybridized carbons (Fsp3) is 0.455. The molecule has 7 heteroatoms. The van der Waals surface area contributed by atoms with Gasteiger partial charge in [-0.3, -0.25) is 0 Å². The van der Waals surface area contributed by atoms with Crippen LogP contribution in [0.5, 0.6) is 5.75 Å². The maximum atomic E-state index is 12.4. The van der Waals surface area contributed by atoms with Gasteiger partial charge in [-0.05, 0) is 34.1 Å². The third kappa shape index (κ3) is 2.69. The Morgan fingerprint density at radius 3 is 2.56 bits per heavy atom. The van der Waals surface area contributed by atoms with E-state index in [1.165, 1.54) is 4.31 Å². The second-order valence-electron chi connectivity index (χ2n) is 3.95. The number of methoxy groups -OCH3 is 1. The molecule has 100 valence electrons. The normalized spacial score (nSPS) is 17.7. The molecule has 18 heavy (non-hydrogen) atoms. The van der Waals surface area contributed by atoms with Crippen molar-refractivity contribution in [2.45, 2.75) is 4.90 Å². The molecule has 0 saturated carbocycles. The smallest absolute Gasteiger partial charge is 0.244 e. The first-order valence-electron chi connectivity index (χ1n) is 5.60. The molecule has 5 nitrogen and oxygen atoms in total. The van der Waals surface area contributed by atoms with Crippen LogP contribution in [0.15, 0.2) is 27.6 Å². The Labute approximate surface area is 115 Å². The van der Waals surface area contributed by atoms with Crippen molar-refractivity contribution in [3.05, 3.63) is 22.7 Å². The first kappa shape index (κ1) is 13.8. The molecule has 1 fully saturated rings. The van der Waals surface area contributed by atoms with Gasteiger partial charge in [-0.15, -0.1) is 0 Å².